The van der Waals surface area contributed by atoms with E-state index < -0.39 is 0 Å². The van der Waals surface area contributed by atoms with Gasteiger partial charge < -0.3 is 0 Å². The van der Waals surface area contributed by atoms with Crippen molar-refractivity contribution >= 4 is 17.1 Å². The summed E-state index contributed by atoms with van der Waals surface area (Å²) in [5.41, 5.74) is 1.84. The zero-order valence-corrected chi connectivity index (χ0v) is 9.45. The molecule has 0 fully saturated rings. The first-order chi connectivity index (χ1) is 7.33. The van der Waals surface area contributed by atoms with E-state index in [1.165, 1.54) is 0 Å². The molecule has 0 saturated heterocycles. The van der Waals surface area contributed by atoms with E-state index in [1.54, 1.807) is 0 Å². The van der Waals surface area contributed by atoms with E-state index in [2.05, 4.69) is 0 Å². The molecule has 0 aliphatic carbocycles. The third-order valence-electron chi connectivity index (χ3n) is 2.31. The Kier molecular flexibility index (Phi) is 4.04. The summed E-state index contributed by atoms with van der Waals surface area (Å²) in [6.45, 7) is 5.95. The number of rotatable bonds is 1. The Morgan fingerprint density at radius 3 is 2.33 bits per heavy atom. The van der Waals surface area contributed by atoms with E-state index in [4.69, 9.17) is 0 Å². The third-order valence-corrected chi connectivity index (χ3v) is 2.31. The maximum Gasteiger partial charge on any atom is 0.150 e. The highest BCUT2D eigenvalue weighted by atomic mass is 16.1. The van der Waals surface area contributed by atoms with Gasteiger partial charge in [0.05, 0.1) is 0 Å². The van der Waals surface area contributed by atoms with Gasteiger partial charge in [-0.3, -0.25) is 4.79 Å². The monoisotopic (exact) mass is 200 g/mol. The van der Waals surface area contributed by atoms with Crippen LogP contribution < -0.4 is 0 Å². The number of fused-ring (bicyclic) bond motifs is 1. The lowest BCUT2D eigenvalue weighted by molar-refractivity contribution is 0.112. The van der Waals surface area contributed by atoms with Gasteiger partial charge in [0.1, 0.15) is 0 Å². The van der Waals surface area contributed by atoms with E-state index in [0.717, 1.165) is 28.2 Å². The van der Waals surface area contributed by atoms with Crippen LogP contribution in [0.5, 0.6) is 0 Å². The Bertz CT molecular complexity index is 458. The predicted molar refractivity (Wildman–Crippen MR) is 65.4 cm³/mol. The lowest BCUT2D eigenvalue weighted by Gasteiger charge is -2.03. The number of carbonyl (C=O) groups is 1. The van der Waals surface area contributed by atoms with Crippen LogP contribution in [-0.2, 0) is 0 Å². The van der Waals surface area contributed by atoms with E-state index >= 15 is 0 Å². The van der Waals surface area contributed by atoms with Crippen LogP contribution in [0, 0.1) is 6.92 Å². The molecule has 0 saturated carbocycles. The summed E-state index contributed by atoms with van der Waals surface area (Å²) in [5.74, 6) is 0. The fourth-order valence-corrected chi connectivity index (χ4v) is 1.56. The summed E-state index contributed by atoms with van der Waals surface area (Å²) in [6, 6.07) is 11.9. The Hall–Kier alpha value is -1.63. The second-order valence-electron chi connectivity index (χ2n) is 3.14. The number of aldehydes is 1. The summed E-state index contributed by atoms with van der Waals surface area (Å²) < 4.78 is 0. The van der Waals surface area contributed by atoms with Crippen molar-refractivity contribution in [2.75, 3.05) is 0 Å². The van der Waals surface area contributed by atoms with Crippen LogP contribution in [0.1, 0.15) is 29.8 Å². The van der Waals surface area contributed by atoms with Crippen LogP contribution in [0.2, 0.25) is 0 Å². The van der Waals surface area contributed by atoms with Gasteiger partial charge in [-0.25, -0.2) is 0 Å². The van der Waals surface area contributed by atoms with Gasteiger partial charge in [-0.1, -0.05) is 50.2 Å². The summed E-state index contributed by atoms with van der Waals surface area (Å²) in [5, 5.41) is 2.16. The molecule has 0 heterocycles. The van der Waals surface area contributed by atoms with Crippen molar-refractivity contribution in [3.8, 4) is 0 Å². The fourth-order valence-electron chi connectivity index (χ4n) is 1.56. The van der Waals surface area contributed by atoms with E-state index in [1.807, 2.05) is 57.2 Å². The van der Waals surface area contributed by atoms with Crippen LogP contribution in [0.15, 0.2) is 36.4 Å². The highest BCUT2D eigenvalue weighted by Crippen LogP contribution is 2.19. The summed E-state index contributed by atoms with van der Waals surface area (Å²) in [7, 11) is 0. The quantitative estimate of drug-likeness (QED) is 0.636. The van der Waals surface area contributed by atoms with Gasteiger partial charge in [0, 0.05) is 5.56 Å². The lowest BCUT2D eigenvalue weighted by Crippen LogP contribution is -1.87. The summed E-state index contributed by atoms with van der Waals surface area (Å²) >= 11 is 0. The van der Waals surface area contributed by atoms with Gasteiger partial charge >= 0.3 is 0 Å². The average molecular weight is 200 g/mol. The molecule has 0 unspecified atom stereocenters. The molecule has 0 N–H and O–H groups in total. The third kappa shape index (κ3) is 2.24. The van der Waals surface area contributed by atoms with Gasteiger partial charge in [-0.2, -0.15) is 0 Å². The number of hydrogen-bond donors (Lipinski definition) is 0. The maximum absolute atomic E-state index is 10.8. The van der Waals surface area contributed by atoms with E-state index in [9.17, 15) is 4.79 Å². The van der Waals surface area contributed by atoms with Gasteiger partial charge in [0.2, 0.25) is 0 Å². The largest absolute Gasteiger partial charge is 0.298 e. The summed E-state index contributed by atoms with van der Waals surface area (Å²) in [6.07, 6.45) is 0.928. The van der Waals surface area contributed by atoms with Crippen LogP contribution in [0.4, 0.5) is 0 Å². The SMILES string of the molecule is CC.Cc1ccc2ccccc2c1C=O. The molecular formula is C14H16O. The molecule has 1 nitrogen and oxygen atoms in total. The molecule has 0 amide bonds. The first-order valence-corrected chi connectivity index (χ1v) is 5.26. The molecule has 15 heavy (non-hydrogen) atoms. The number of aryl methyl sites for hydroxylation is 1. The van der Waals surface area contributed by atoms with E-state index in [-0.39, 0.29) is 0 Å². The van der Waals surface area contributed by atoms with Crippen molar-refractivity contribution in [2.24, 2.45) is 0 Å². The first-order valence-electron chi connectivity index (χ1n) is 5.26. The number of benzene rings is 2. The van der Waals surface area contributed by atoms with Crippen molar-refractivity contribution in [2.45, 2.75) is 20.8 Å². The molecule has 0 radical (unpaired) electrons. The fraction of sp³-hybridized carbons (Fsp3) is 0.214. The normalized spacial score (nSPS) is 9.27. The lowest BCUT2D eigenvalue weighted by atomic mass is 10.0. The minimum absolute atomic E-state index is 0.804. The molecule has 0 aromatic heterocycles. The topological polar surface area (TPSA) is 17.1 Å². The standard InChI is InChI=1S/C12H10O.C2H6/c1-9-6-7-10-4-2-3-5-11(10)12(9)8-13;1-2/h2-8H,1H3;1-2H3. The Labute approximate surface area is 90.7 Å². The minimum atomic E-state index is 0.804. The van der Waals surface area contributed by atoms with Gasteiger partial charge in [-0.15, -0.1) is 0 Å². The summed E-state index contributed by atoms with van der Waals surface area (Å²) in [4.78, 5) is 10.8. The van der Waals surface area contributed by atoms with Gasteiger partial charge in [0.15, 0.2) is 6.29 Å². The molecule has 2 aromatic rings. The van der Waals surface area contributed by atoms with Crippen LogP contribution >= 0.6 is 0 Å². The predicted octanol–water partition coefficient (Wildman–Crippen LogP) is 3.99. The second kappa shape index (κ2) is 5.30. The van der Waals surface area contributed by atoms with Crippen molar-refractivity contribution in [3.05, 3.63) is 47.5 Å². The molecule has 0 spiro atoms. The molecule has 2 aromatic carbocycles. The maximum atomic E-state index is 10.8. The van der Waals surface area contributed by atoms with Gasteiger partial charge in [-0.05, 0) is 23.3 Å². The average Bonchev–Trinajstić information content (AvgIpc) is 2.32. The Morgan fingerprint density at radius 1 is 1.00 bits per heavy atom. The molecule has 0 bridgehead atoms. The molecule has 1 heteroatoms. The molecule has 0 aliphatic rings. The molecular weight excluding hydrogens is 184 g/mol. The second-order valence-corrected chi connectivity index (χ2v) is 3.14. The highest BCUT2D eigenvalue weighted by molar-refractivity contribution is 5.99. The zero-order valence-electron chi connectivity index (χ0n) is 9.45. The van der Waals surface area contributed by atoms with Crippen LogP contribution in [-0.4, -0.2) is 6.29 Å². The van der Waals surface area contributed by atoms with Crippen molar-refractivity contribution in [3.63, 3.8) is 0 Å². The molecule has 0 atom stereocenters. The van der Waals surface area contributed by atoms with Crippen LogP contribution in [0.25, 0.3) is 10.8 Å². The Morgan fingerprint density at radius 2 is 1.67 bits per heavy atom. The first kappa shape index (κ1) is 11.4. The highest BCUT2D eigenvalue weighted by Gasteiger charge is 2.01. The smallest absolute Gasteiger partial charge is 0.150 e. The van der Waals surface area contributed by atoms with Gasteiger partial charge in [0.25, 0.3) is 0 Å². The number of carbonyl (C=O) groups excluding carboxylic acids is 1. The Balaban J connectivity index is 0.000000531. The van der Waals surface area contributed by atoms with Crippen molar-refractivity contribution in [1.29, 1.82) is 0 Å². The zero-order chi connectivity index (χ0) is 11.3. The van der Waals surface area contributed by atoms with Crippen LogP contribution in [0.3, 0.4) is 0 Å². The molecule has 0 aliphatic heterocycles. The molecule has 78 valence electrons. The van der Waals surface area contributed by atoms with E-state index in [0.29, 0.717) is 0 Å². The number of hydrogen-bond acceptors (Lipinski definition) is 1. The van der Waals surface area contributed by atoms with Crippen molar-refractivity contribution < 1.29 is 4.79 Å². The minimum Gasteiger partial charge on any atom is -0.298 e. The molecule has 2 rings (SSSR count). The van der Waals surface area contributed by atoms with Crippen molar-refractivity contribution in [1.82, 2.24) is 0 Å².